The first kappa shape index (κ1) is 23.3. The summed E-state index contributed by atoms with van der Waals surface area (Å²) in [4.78, 5) is 13.6. The fourth-order valence-corrected chi connectivity index (χ4v) is 4.99. The number of benzene rings is 2. The largest absolute Gasteiger partial charge is 0.497 e. The third-order valence-corrected chi connectivity index (χ3v) is 7.14. The van der Waals surface area contributed by atoms with Crippen molar-refractivity contribution in [1.82, 2.24) is 0 Å². The Kier molecular flexibility index (Phi) is 5.99. The van der Waals surface area contributed by atoms with E-state index in [1.54, 1.807) is 14.2 Å². The third kappa shape index (κ3) is 3.95. The van der Waals surface area contributed by atoms with E-state index in [9.17, 15) is 4.79 Å². The minimum Gasteiger partial charge on any atom is -0.497 e. The summed E-state index contributed by atoms with van der Waals surface area (Å²) in [5.41, 5.74) is 0.464. The third-order valence-electron chi connectivity index (χ3n) is 7.14. The molecular formula is C30H30O5. The standard InChI is InChI=1S/C30H30O5/c1-28-18-4-5-21-30(28)34-27(26(28)31)29(35-30,19-6-8-22-10-14-24(32-2)15-11-22)20-7-9-23-12-16-25(33-3)17-13-23/h4-7,10-21,27H,8-9H2,1-3H3/b19-6+,20-7+/t27-,28+,30-/m0/s1. The zero-order chi connectivity index (χ0) is 24.5. The highest BCUT2D eigenvalue weighted by atomic mass is 16.8. The predicted octanol–water partition coefficient (Wildman–Crippen LogP) is 5.17. The van der Waals surface area contributed by atoms with E-state index in [2.05, 4.69) is 0 Å². The van der Waals surface area contributed by atoms with Crippen LogP contribution in [-0.2, 0) is 27.1 Å². The van der Waals surface area contributed by atoms with Gasteiger partial charge >= 0.3 is 0 Å². The van der Waals surface area contributed by atoms with Crippen molar-refractivity contribution in [2.75, 3.05) is 14.2 Å². The maximum absolute atomic E-state index is 13.6. The minimum atomic E-state index is -1.10. The van der Waals surface area contributed by atoms with Crippen LogP contribution < -0.4 is 9.47 Å². The summed E-state index contributed by atoms with van der Waals surface area (Å²) in [6, 6.07) is 15.9. The number of carbonyl (C=O) groups is 1. The van der Waals surface area contributed by atoms with Gasteiger partial charge in [0.15, 0.2) is 11.9 Å². The quantitative estimate of drug-likeness (QED) is 0.499. The lowest BCUT2D eigenvalue weighted by Gasteiger charge is -2.42. The van der Waals surface area contributed by atoms with E-state index in [1.807, 2.05) is 104 Å². The van der Waals surface area contributed by atoms with Gasteiger partial charge in [0.2, 0.25) is 5.79 Å². The molecule has 5 rings (SSSR count). The van der Waals surface area contributed by atoms with Gasteiger partial charge in [0.05, 0.1) is 14.2 Å². The van der Waals surface area contributed by atoms with Crippen LogP contribution in [0, 0.1) is 5.41 Å². The second kappa shape index (κ2) is 8.99. The molecule has 5 heteroatoms. The van der Waals surface area contributed by atoms with Crippen molar-refractivity contribution in [3.63, 3.8) is 0 Å². The van der Waals surface area contributed by atoms with Crippen LogP contribution in [0.25, 0.3) is 0 Å². The maximum atomic E-state index is 13.6. The molecule has 2 heterocycles. The fraction of sp³-hybridized carbons (Fsp3) is 0.300. The van der Waals surface area contributed by atoms with Gasteiger partial charge in [-0.05, 0) is 73.4 Å². The van der Waals surface area contributed by atoms with Crippen LogP contribution in [0.3, 0.4) is 0 Å². The number of carbonyl (C=O) groups excluding carboxylic acids is 1. The fourth-order valence-electron chi connectivity index (χ4n) is 4.99. The number of Topliss-reactive ketones (excluding diaryl/α,β-unsaturated/α-hetero) is 1. The van der Waals surface area contributed by atoms with Crippen molar-refractivity contribution in [3.05, 3.63) is 108 Å². The van der Waals surface area contributed by atoms with Crippen LogP contribution in [0.15, 0.2) is 97.1 Å². The molecule has 2 aromatic rings. The summed E-state index contributed by atoms with van der Waals surface area (Å²) in [5.74, 6) is 0.578. The number of methoxy groups -OCH3 is 2. The van der Waals surface area contributed by atoms with Crippen LogP contribution in [0.4, 0.5) is 0 Å². The average molecular weight is 471 g/mol. The summed E-state index contributed by atoms with van der Waals surface area (Å²) in [5, 5.41) is 0. The Labute approximate surface area is 206 Å². The van der Waals surface area contributed by atoms with Crippen molar-refractivity contribution < 1.29 is 23.7 Å². The number of rotatable bonds is 8. The van der Waals surface area contributed by atoms with E-state index in [0.717, 1.165) is 22.6 Å². The van der Waals surface area contributed by atoms with Gasteiger partial charge in [0.25, 0.3) is 0 Å². The molecule has 1 aliphatic carbocycles. The van der Waals surface area contributed by atoms with E-state index in [0.29, 0.717) is 12.8 Å². The Balaban J connectivity index is 1.42. The molecule has 0 unspecified atom stereocenters. The molecule has 2 aromatic carbocycles. The van der Waals surface area contributed by atoms with Crippen LogP contribution in [-0.4, -0.2) is 37.5 Å². The Hall–Kier alpha value is -3.41. The maximum Gasteiger partial charge on any atom is 0.206 e. The Morgan fingerprint density at radius 1 is 0.829 bits per heavy atom. The van der Waals surface area contributed by atoms with E-state index in [-0.39, 0.29) is 5.78 Å². The molecule has 0 saturated carbocycles. The first-order chi connectivity index (χ1) is 16.9. The Bertz CT molecular complexity index is 1140. The zero-order valence-corrected chi connectivity index (χ0v) is 20.3. The van der Waals surface area contributed by atoms with E-state index in [1.165, 1.54) is 0 Å². The van der Waals surface area contributed by atoms with Crippen molar-refractivity contribution in [2.45, 2.75) is 37.3 Å². The topological polar surface area (TPSA) is 54.0 Å². The van der Waals surface area contributed by atoms with Gasteiger partial charge in [-0.1, -0.05) is 54.6 Å². The molecule has 35 heavy (non-hydrogen) atoms. The molecule has 0 N–H and O–H groups in total. The number of hydrogen-bond acceptors (Lipinski definition) is 5. The van der Waals surface area contributed by atoms with Crippen molar-refractivity contribution in [1.29, 1.82) is 0 Å². The van der Waals surface area contributed by atoms with E-state index >= 15 is 0 Å². The Morgan fingerprint density at radius 3 is 1.86 bits per heavy atom. The van der Waals surface area contributed by atoms with Gasteiger partial charge < -0.3 is 18.9 Å². The number of fused-ring (bicyclic) bond motifs is 1. The van der Waals surface area contributed by atoms with Crippen molar-refractivity contribution >= 4 is 5.78 Å². The zero-order valence-electron chi connectivity index (χ0n) is 20.3. The summed E-state index contributed by atoms with van der Waals surface area (Å²) >= 11 is 0. The van der Waals surface area contributed by atoms with Gasteiger partial charge in [0.1, 0.15) is 22.5 Å². The number of ether oxygens (including phenoxy) is 4. The molecule has 3 aliphatic rings. The van der Waals surface area contributed by atoms with E-state index < -0.39 is 22.9 Å². The molecule has 0 aromatic heterocycles. The molecular weight excluding hydrogens is 440 g/mol. The lowest BCUT2D eigenvalue weighted by atomic mass is 9.70. The lowest BCUT2D eigenvalue weighted by molar-refractivity contribution is -0.180. The number of allylic oxidation sites excluding steroid dienone is 4. The molecule has 1 spiro atoms. The molecule has 180 valence electrons. The molecule has 2 fully saturated rings. The average Bonchev–Trinajstić information content (AvgIpc) is 3.32. The molecule has 2 aliphatic heterocycles. The smallest absolute Gasteiger partial charge is 0.206 e. The molecule has 2 saturated heterocycles. The van der Waals surface area contributed by atoms with Gasteiger partial charge in [-0.3, -0.25) is 4.79 Å². The normalized spacial score (nSPS) is 28.2. The van der Waals surface area contributed by atoms with Crippen molar-refractivity contribution in [3.8, 4) is 11.5 Å². The number of hydrogen-bond donors (Lipinski definition) is 0. The number of ketones is 1. The SMILES string of the molecule is COc1ccc(C/C=C/C2(/C=C/Cc3ccc(OC)cc3)O[C@@]34C=CC=C[C@]3(C)C(=O)[C@@H]2O4)cc1. The van der Waals surface area contributed by atoms with Gasteiger partial charge in [-0.15, -0.1) is 0 Å². The van der Waals surface area contributed by atoms with E-state index in [4.69, 9.17) is 18.9 Å². The second-order valence-corrected chi connectivity index (χ2v) is 9.31. The van der Waals surface area contributed by atoms with Crippen molar-refractivity contribution in [2.24, 2.45) is 5.41 Å². The first-order valence-corrected chi connectivity index (χ1v) is 11.8. The summed E-state index contributed by atoms with van der Waals surface area (Å²) in [6.07, 6.45) is 16.2. The Morgan fingerprint density at radius 2 is 1.34 bits per heavy atom. The molecule has 3 atom stereocenters. The highest BCUT2D eigenvalue weighted by Crippen LogP contribution is 2.59. The first-order valence-electron chi connectivity index (χ1n) is 11.8. The highest BCUT2D eigenvalue weighted by molar-refractivity contribution is 5.97. The monoisotopic (exact) mass is 470 g/mol. The molecule has 0 amide bonds. The van der Waals surface area contributed by atoms with Gasteiger partial charge in [-0.2, -0.15) is 0 Å². The predicted molar refractivity (Wildman–Crippen MR) is 134 cm³/mol. The van der Waals surface area contributed by atoms with Gasteiger partial charge in [-0.25, -0.2) is 0 Å². The molecule has 5 nitrogen and oxygen atoms in total. The summed E-state index contributed by atoms with van der Waals surface area (Å²) < 4.78 is 23.5. The van der Waals surface area contributed by atoms with Crippen LogP contribution in [0.5, 0.6) is 11.5 Å². The minimum absolute atomic E-state index is 0.0348. The molecule has 2 bridgehead atoms. The van der Waals surface area contributed by atoms with Crippen LogP contribution >= 0.6 is 0 Å². The van der Waals surface area contributed by atoms with Crippen LogP contribution in [0.1, 0.15) is 18.1 Å². The highest BCUT2D eigenvalue weighted by Gasteiger charge is 2.73. The summed E-state index contributed by atoms with van der Waals surface area (Å²) in [6.45, 7) is 1.89. The second-order valence-electron chi connectivity index (χ2n) is 9.31. The summed E-state index contributed by atoms with van der Waals surface area (Å²) in [7, 11) is 3.31. The molecule has 0 radical (unpaired) electrons. The van der Waals surface area contributed by atoms with Gasteiger partial charge in [0, 0.05) is 0 Å². The lowest BCUT2D eigenvalue weighted by Crippen LogP contribution is -2.56. The van der Waals surface area contributed by atoms with Crippen LogP contribution in [0.2, 0.25) is 0 Å².